The molecule has 1 aliphatic rings. The van der Waals surface area contributed by atoms with E-state index in [1.807, 2.05) is 71.9 Å². The minimum atomic E-state index is -1.14. The van der Waals surface area contributed by atoms with E-state index in [0.717, 1.165) is 5.56 Å². The molecule has 1 aliphatic heterocycles. The zero-order valence-electron chi connectivity index (χ0n) is 29.5. The zero-order chi connectivity index (χ0) is 35.8. The summed E-state index contributed by atoms with van der Waals surface area (Å²) in [5.41, 5.74) is 0.817. The molecule has 0 radical (unpaired) electrons. The fourth-order valence-corrected chi connectivity index (χ4v) is 5.45. The van der Waals surface area contributed by atoms with Crippen LogP contribution in [0.2, 0.25) is 0 Å². The highest BCUT2D eigenvalue weighted by Gasteiger charge is 2.33. The van der Waals surface area contributed by atoms with Gasteiger partial charge in [0.15, 0.2) is 0 Å². The summed E-state index contributed by atoms with van der Waals surface area (Å²) < 4.78 is 4.97. The molecule has 0 spiro atoms. The second-order valence-electron chi connectivity index (χ2n) is 13.6. The number of esters is 1. The van der Waals surface area contributed by atoms with Gasteiger partial charge in [0, 0.05) is 25.0 Å². The number of nitrogens with one attached hydrogen (secondary N) is 5. The van der Waals surface area contributed by atoms with Crippen molar-refractivity contribution in [1.29, 1.82) is 0 Å². The number of benzene rings is 1. The number of amides is 5. The van der Waals surface area contributed by atoms with Gasteiger partial charge in [-0.05, 0) is 55.9 Å². The number of carbonyl (C=O) groups is 6. The third kappa shape index (κ3) is 14.7. The van der Waals surface area contributed by atoms with Gasteiger partial charge >= 0.3 is 5.97 Å². The first-order valence-electron chi connectivity index (χ1n) is 17.1. The van der Waals surface area contributed by atoms with Crippen molar-refractivity contribution < 1.29 is 33.5 Å². The predicted molar refractivity (Wildman–Crippen MR) is 183 cm³/mol. The van der Waals surface area contributed by atoms with Gasteiger partial charge in [0.1, 0.15) is 24.2 Å². The molecule has 1 saturated heterocycles. The van der Waals surface area contributed by atoms with Crippen LogP contribution in [0.15, 0.2) is 42.5 Å². The maximum atomic E-state index is 13.7. The van der Waals surface area contributed by atoms with Gasteiger partial charge < -0.3 is 31.3 Å². The SMILES string of the molecule is CCOC(=O)/C=C/[C@H](CC(C)C)NC(=O)[C@H]1CCC(=O)N[C@@H](Cc2ccccc2)C(=O)N[C@@H](CC(C)C)C(=O)N[C@@H](CC(C)C)C(=O)N1. The summed E-state index contributed by atoms with van der Waals surface area (Å²) in [5.74, 6) is -3.00. The average molecular weight is 670 g/mol. The monoisotopic (exact) mass is 669 g/mol. The minimum absolute atomic E-state index is 0.00909. The Hall–Kier alpha value is -4.22. The van der Waals surface area contributed by atoms with Gasteiger partial charge in [0.05, 0.1) is 6.61 Å². The van der Waals surface area contributed by atoms with Crippen molar-refractivity contribution in [2.24, 2.45) is 17.8 Å². The van der Waals surface area contributed by atoms with Crippen molar-refractivity contribution in [1.82, 2.24) is 26.6 Å². The molecule has 12 heteroatoms. The van der Waals surface area contributed by atoms with E-state index in [0.29, 0.717) is 12.8 Å². The molecule has 266 valence electrons. The standard InChI is InChI=1S/C36H55N5O7/c1-8-48-32(43)17-14-26(18-22(2)3)37-33(44)27-15-16-31(42)38-30(21-25-12-10-9-11-13-25)36(47)41-29(20-24(6)7)35(46)40-28(19-23(4)5)34(45)39-27/h9-14,17,22-24,26-30H,8,15-16,18-21H2,1-7H3,(H,37,44)(H,38,42)(H,39,45)(H,40,46)(H,41,47)/b17-14+/t26-,27-,28+,29+,30+/m1/s1. The lowest BCUT2D eigenvalue weighted by Gasteiger charge is -2.29. The summed E-state index contributed by atoms with van der Waals surface area (Å²) in [6, 6.07) is 4.58. The Balaban J connectivity index is 2.47. The summed E-state index contributed by atoms with van der Waals surface area (Å²) >= 11 is 0. The maximum absolute atomic E-state index is 13.7. The Morgan fingerprint density at radius 2 is 1.38 bits per heavy atom. The van der Waals surface area contributed by atoms with Crippen LogP contribution in [0.1, 0.15) is 86.1 Å². The molecule has 0 saturated carbocycles. The van der Waals surface area contributed by atoms with Gasteiger partial charge in [-0.15, -0.1) is 0 Å². The Morgan fingerprint density at radius 3 is 1.92 bits per heavy atom. The molecule has 5 atom stereocenters. The van der Waals surface area contributed by atoms with Crippen LogP contribution in [0.3, 0.4) is 0 Å². The van der Waals surface area contributed by atoms with Gasteiger partial charge in [0.2, 0.25) is 29.5 Å². The molecule has 1 heterocycles. The van der Waals surface area contributed by atoms with Crippen LogP contribution in [0.5, 0.6) is 0 Å². The van der Waals surface area contributed by atoms with Crippen LogP contribution in [0, 0.1) is 17.8 Å². The van der Waals surface area contributed by atoms with Gasteiger partial charge in [0.25, 0.3) is 0 Å². The molecule has 12 nitrogen and oxygen atoms in total. The third-order valence-electron chi connectivity index (χ3n) is 7.71. The smallest absolute Gasteiger partial charge is 0.330 e. The molecular weight excluding hydrogens is 614 g/mol. The fourth-order valence-electron chi connectivity index (χ4n) is 5.45. The van der Waals surface area contributed by atoms with E-state index in [2.05, 4.69) is 26.6 Å². The van der Waals surface area contributed by atoms with Crippen LogP contribution in [0.25, 0.3) is 0 Å². The molecule has 48 heavy (non-hydrogen) atoms. The second-order valence-corrected chi connectivity index (χ2v) is 13.6. The first-order chi connectivity index (χ1) is 22.7. The van der Waals surface area contributed by atoms with E-state index in [-0.39, 0.29) is 50.0 Å². The molecule has 0 aliphatic carbocycles. The molecular formula is C36H55N5O7. The molecule has 5 amide bonds. The largest absolute Gasteiger partial charge is 0.463 e. The van der Waals surface area contributed by atoms with E-state index in [9.17, 15) is 28.8 Å². The summed E-state index contributed by atoms with van der Waals surface area (Å²) in [6.45, 7) is 13.5. The highest BCUT2D eigenvalue weighted by molar-refractivity contribution is 5.96. The van der Waals surface area contributed by atoms with Crippen molar-refractivity contribution in [3.05, 3.63) is 48.0 Å². The van der Waals surface area contributed by atoms with E-state index < -0.39 is 65.7 Å². The number of hydrogen-bond donors (Lipinski definition) is 5. The first kappa shape index (κ1) is 40.0. The molecule has 2 rings (SSSR count). The Labute approximate surface area is 285 Å². The van der Waals surface area contributed by atoms with Gasteiger partial charge in [-0.2, -0.15) is 0 Å². The number of ether oxygens (including phenoxy) is 1. The molecule has 1 aromatic carbocycles. The second kappa shape index (κ2) is 20.2. The lowest BCUT2D eigenvalue weighted by atomic mass is 9.98. The third-order valence-corrected chi connectivity index (χ3v) is 7.71. The topological polar surface area (TPSA) is 172 Å². The average Bonchev–Trinajstić information content (AvgIpc) is 3.00. The van der Waals surface area contributed by atoms with Crippen molar-refractivity contribution in [2.45, 2.75) is 117 Å². The van der Waals surface area contributed by atoms with Gasteiger partial charge in [-0.25, -0.2) is 4.79 Å². The number of rotatable bonds is 13. The first-order valence-corrected chi connectivity index (χ1v) is 17.1. The maximum Gasteiger partial charge on any atom is 0.330 e. The van der Waals surface area contributed by atoms with Crippen molar-refractivity contribution >= 4 is 35.5 Å². The molecule has 0 unspecified atom stereocenters. The Kier molecular flexibility index (Phi) is 16.8. The van der Waals surface area contributed by atoms with E-state index in [1.165, 1.54) is 6.08 Å². The summed E-state index contributed by atoms with van der Waals surface area (Å²) in [7, 11) is 0. The van der Waals surface area contributed by atoms with Crippen molar-refractivity contribution in [3.63, 3.8) is 0 Å². The highest BCUT2D eigenvalue weighted by Crippen LogP contribution is 2.13. The van der Waals surface area contributed by atoms with E-state index >= 15 is 0 Å². The molecule has 0 aromatic heterocycles. The van der Waals surface area contributed by atoms with Crippen LogP contribution in [-0.4, -0.2) is 72.3 Å². The highest BCUT2D eigenvalue weighted by atomic mass is 16.5. The van der Waals surface area contributed by atoms with Crippen molar-refractivity contribution in [3.8, 4) is 0 Å². The number of hydrogen-bond acceptors (Lipinski definition) is 7. The van der Waals surface area contributed by atoms with Gasteiger partial charge in [-0.3, -0.25) is 24.0 Å². The summed E-state index contributed by atoms with van der Waals surface area (Å²) in [4.78, 5) is 80.0. The van der Waals surface area contributed by atoms with Gasteiger partial charge in [-0.1, -0.05) is 78.0 Å². The van der Waals surface area contributed by atoms with Crippen LogP contribution in [0.4, 0.5) is 0 Å². The minimum Gasteiger partial charge on any atom is -0.463 e. The predicted octanol–water partition coefficient (Wildman–Crippen LogP) is 2.70. The normalized spacial score (nSPS) is 22.0. The molecule has 5 N–H and O–H groups in total. The van der Waals surface area contributed by atoms with Crippen molar-refractivity contribution in [2.75, 3.05) is 6.61 Å². The lowest BCUT2D eigenvalue weighted by Crippen LogP contribution is -2.60. The van der Waals surface area contributed by atoms with E-state index in [1.54, 1.807) is 13.0 Å². The molecule has 0 bridgehead atoms. The summed E-state index contributed by atoms with van der Waals surface area (Å²) in [6.07, 6.45) is 3.85. The quantitative estimate of drug-likeness (QED) is 0.159. The van der Waals surface area contributed by atoms with Crippen LogP contribution in [-0.2, 0) is 39.9 Å². The number of carbonyl (C=O) groups excluding carboxylic acids is 6. The summed E-state index contributed by atoms with van der Waals surface area (Å²) in [5, 5.41) is 14.1. The Bertz CT molecular complexity index is 1260. The molecule has 1 aromatic rings. The molecule has 1 fully saturated rings. The zero-order valence-corrected chi connectivity index (χ0v) is 29.5. The van der Waals surface area contributed by atoms with Crippen LogP contribution < -0.4 is 26.6 Å². The van der Waals surface area contributed by atoms with E-state index in [4.69, 9.17) is 4.74 Å². The lowest BCUT2D eigenvalue weighted by molar-refractivity contribution is -0.137. The Morgan fingerprint density at radius 1 is 0.812 bits per heavy atom. The fraction of sp³-hybridized carbons (Fsp3) is 0.611. The van der Waals surface area contributed by atoms with Crippen LogP contribution >= 0.6 is 0 Å².